The summed E-state index contributed by atoms with van der Waals surface area (Å²) in [5, 5.41) is 12.9. The molecule has 0 saturated carbocycles. The van der Waals surface area contributed by atoms with Crippen LogP contribution in [0, 0.1) is 0 Å². The van der Waals surface area contributed by atoms with E-state index in [1.165, 1.54) is 7.11 Å². The highest BCUT2D eigenvalue weighted by molar-refractivity contribution is 6.29. The molecule has 1 heterocycles. The summed E-state index contributed by atoms with van der Waals surface area (Å²) in [6, 6.07) is 3.33. The van der Waals surface area contributed by atoms with Crippen molar-refractivity contribution in [1.82, 2.24) is 10.3 Å². The molecule has 0 spiro atoms. The minimum atomic E-state index is -0.639. The Hall–Kier alpha value is -0.840. The van der Waals surface area contributed by atoms with Crippen LogP contribution in [-0.2, 0) is 0 Å². The van der Waals surface area contributed by atoms with Gasteiger partial charge < -0.3 is 15.2 Å². The number of rotatable bonds is 4. The number of aliphatic hydroxyl groups excluding tert-OH is 1. The fraction of sp³-hybridized carbons (Fsp3) is 0.444. The van der Waals surface area contributed by atoms with Crippen LogP contribution in [0.5, 0.6) is 5.88 Å². The predicted molar refractivity (Wildman–Crippen MR) is 54.7 cm³/mol. The molecule has 1 unspecified atom stereocenters. The Morgan fingerprint density at radius 1 is 1.64 bits per heavy atom. The number of hydrogen-bond acceptors (Lipinski definition) is 4. The standard InChI is InChI=1S/C9H13ClN2O2/c1-11-5-7(13)6-3-4-8(10)12-9(6)14-2/h3-4,7,11,13H,5H2,1-2H3. The highest BCUT2D eigenvalue weighted by atomic mass is 35.5. The number of methoxy groups -OCH3 is 1. The quantitative estimate of drug-likeness (QED) is 0.738. The molecule has 0 radical (unpaired) electrons. The summed E-state index contributed by atoms with van der Waals surface area (Å²) in [5.41, 5.74) is 0.631. The van der Waals surface area contributed by atoms with Crippen molar-refractivity contribution in [3.8, 4) is 5.88 Å². The molecule has 0 amide bonds. The van der Waals surface area contributed by atoms with Crippen LogP contribution in [0.1, 0.15) is 11.7 Å². The van der Waals surface area contributed by atoms with Crippen molar-refractivity contribution in [3.05, 3.63) is 22.8 Å². The average molecular weight is 217 g/mol. The van der Waals surface area contributed by atoms with E-state index in [4.69, 9.17) is 16.3 Å². The smallest absolute Gasteiger partial charge is 0.220 e. The van der Waals surface area contributed by atoms with Gasteiger partial charge in [-0.1, -0.05) is 11.6 Å². The Balaban J connectivity index is 2.95. The summed E-state index contributed by atoms with van der Waals surface area (Å²) in [4.78, 5) is 3.95. The van der Waals surface area contributed by atoms with Crippen LogP contribution in [0.15, 0.2) is 12.1 Å². The first-order valence-electron chi connectivity index (χ1n) is 4.22. The van der Waals surface area contributed by atoms with Crippen LogP contribution in [0.25, 0.3) is 0 Å². The van der Waals surface area contributed by atoms with Gasteiger partial charge in [0.1, 0.15) is 5.15 Å². The number of nitrogens with zero attached hydrogens (tertiary/aromatic N) is 1. The van der Waals surface area contributed by atoms with Crippen LogP contribution in [0.4, 0.5) is 0 Å². The molecule has 2 N–H and O–H groups in total. The zero-order valence-electron chi connectivity index (χ0n) is 8.12. The molecule has 5 heteroatoms. The van der Waals surface area contributed by atoms with Crippen molar-refractivity contribution in [2.45, 2.75) is 6.10 Å². The molecule has 0 fully saturated rings. The number of aliphatic hydroxyl groups is 1. The first kappa shape index (κ1) is 11.2. The van der Waals surface area contributed by atoms with Crippen molar-refractivity contribution >= 4 is 11.6 Å². The Labute approximate surface area is 87.9 Å². The monoisotopic (exact) mass is 216 g/mol. The molecular weight excluding hydrogens is 204 g/mol. The molecule has 4 nitrogen and oxygen atoms in total. The molecule has 78 valence electrons. The molecular formula is C9H13ClN2O2. The summed E-state index contributed by atoms with van der Waals surface area (Å²) in [5.74, 6) is 0.361. The second kappa shape index (κ2) is 5.14. The zero-order chi connectivity index (χ0) is 10.6. The fourth-order valence-corrected chi connectivity index (χ4v) is 1.29. The third-order valence-corrected chi connectivity index (χ3v) is 2.02. The van der Waals surface area contributed by atoms with Crippen molar-refractivity contribution in [2.75, 3.05) is 20.7 Å². The third-order valence-electron chi connectivity index (χ3n) is 1.81. The second-order valence-electron chi connectivity index (χ2n) is 2.81. The van der Waals surface area contributed by atoms with Crippen LogP contribution in [-0.4, -0.2) is 30.8 Å². The number of halogens is 1. The Morgan fingerprint density at radius 2 is 2.36 bits per heavy atom. The topological polar surface area (TPSA) is 54.4 Å². The maximum Gasteiger partial charge on any atom is 0.220 e. The second-order valence-corrected chi connectivity index (χ2v) is 3.19. The van der Waals surface area contributed by atoms with Gasteiger partial charge in [0, 0.05) is 12.1 Å². The molecule has 0 saturated heterocycles. The summed E-state index contributed by atoms with van der Waals surface area (Å²) in [6.45, 7) is 0.444. The minimum Gasteiger partial charge on any atom is -0.481 e. The number of aromatic nitrogens is 1. The number of likely N-dealkylation sites (N-methyl/N-ethyl adjacent to an activating group) is 1. The number of nitrogens with one attached hydrogen (secondary N) is 1. The van der Waals surface area contributed by atoms with Crippen LogP contribution >= 0.6 is 11.6 Å². The molecule has 0 aliphatic rings. The first-order valence-corrected chi connectivity index (χ1v) is 4.60. The summed E-state index contributed by atoms with van der Waals surface area (Å²) < 4.78 is 5.01. The van der Waals surface area contributed by atoms with Gasteiger partial charge in [-0.15, -0.1) is 0 Å². The van der Waals surface area contributed by atoms with E-state index < -0.39 is 6.10 Å². The van der Waals surface area contributed by atoms with Gasteiger partial charge in [-0.3, -0.25) is 0 Å². The van der Waals surface area contributed by atoms with E-state index >= 15 is 0 Å². The number of hydrogen-bond donors (Lipinski definition) is 2. The van der Waals surface area contributed by atoms with Crippen LogP contribution in [0.2, 0.25) is 5.15 Å². The van der Waals surface area contributed by atoms with Crippen LogP contribution in [0.3, 0.4) is 0 Å². The lowest BCUT2D eigenvalue weighted by atomic mass is 10.1. The molecule has 1 aromatic rings. The van der Waals surface area contributed by atoms with E-state index in [1.807, 2.05) is 0 Å². The largest absolute Gasteiger partial charge is 0.481 e. The molecule has 0 aliphatic carbocycles. The van der Waals surface area contributed by atoms with Gasteiger partial charge in [-0.25, -0.2) is 4.98 Å². The van der Waals surface area contributed by atoms with Gasteiger partial charge in [0.15, 0.2) is 0 Å². The average Bonchev–Trinajstić information content (AvgIpc) is 2.17. The zero-order valence-corrected chi connectivity index (χ0v) is 8.88. The van der Waals surface area contributed by atoms with Crippen molar-refractivity contribution in [1.29, 1.82) is 0 Å². The number of pyridine rings is 1. The molecule has 0 aromatic carbocycles. The highest BCUT2D eigenvalue weighted by Crippen LogP contribution is 2.24. The van der Waals surface area contributed by atoms with Crippen molar-refractivity contribution in [3.63, 3.8) is 0 Å². The molecule has 1 rings (SSSR count). The van der Waals surface area contributed by atoms with E-state index in [0.717, 1.165) is 0 Å². The van der Waals surface area contributed by atoms with Gasteiger partial charge in [-0.05, 0) is 19.2 Å². The predicted octanol–water partition coefficient (Wildman–Crippen LogP) is 0.996. The lowest BCUT2D eigenvalue weighted by Crippen LogP contribution is -2.17. The van der Waals surface area contributed by atoms with Crippen molar-refractivity contribution in [2.24, 2.45) is 0 Å². The first-order chi connectivity index (χ1) is 6.69. The Bertz CT molecular complexity index is 307. The van der Waals surface area contributed by atoms with E-state index in [-0.39, 0.29) is 0 Å². The molecule has 14 heavy (non-hydrogen) atoms. The lowest BCUT2D eigenvalue weighted by molar-refractivity contribution is 0.172. The normalized spacial score (nSPS) is 12.6. The van der Waals surface area contributed by atoms with Crippen LogP contribution < -0.4 is 10.1 Å². The maximum atomic E-state index is 9.70. The van der Waals surface area contributed by atoms with Crippen molar-refractivity contribution < 1.29 is 9.84 Å². The number of ether oxygens (including phenoxy) is 1. The minimum absolute atomic E-state index is 0.349. The van der Waals surface area contributed by atoms with Gasteiger partial charge in [0.2, 0.25) is 5.88 Å². The Kier molecular flexibility index (Phi) is 4.13. The van der Waals surface area contributed by atoms with Gasteiger partial charge in [-0.2, -0.15) is 0 Å². The summed E-state index contributed by atoms with van der Waals surface area (Å²) in [7, 11) is 3.26. The SMILES string of the molecule is CNCC(O)c1ccc(Cl)nc1OC. The lowest BCUT2D eigenvalue weighted by Gasteiger charge is -2.13. The molecule has 0 bridgehead atoms. The van der Waals surface area contributed by atoms with Gasteiger partial charge in [0.05, 0.1) is 13.2 Å². The molecule has 1 aromatic heterocycles. The third kappa shape index (κ3) is 2.57. The van der Waals surface area contributed by atoms with E-state index in [1.54, 1.807) is 19.2 Å². The molecule has 0 aliphatic heterocycles. The summed E-state index contributed by atoms with van der Waals surface area (Å²) in [6.07, 6.45) is -0.639. The van der Waals surface area contributed by atoms with E-state index in [0.29, 0.717) is 23.1 Å². The highest BCUT2D eigenvalue weighted by Gasteiger charge is 2.13. The Morgan fingerprint density at radius 3 is 2.93 bits per heavy atom. The van der Waals surface area contributed by atoms with E-state index in [9.17, 15) is 5.11 Å². The molecule has 1 atom stereocenters. The summed E-state index contributed by atoms with van der Waals surface area (Å²) >= 11 is 5.69. The van der Waals surface area contributed by atoms with Gasteiger partial charge >= 0.3 is 0 Å². The maximum absolute atomic E-state index is 9.70. The fourth-order valence-electron chi connectivity index (χ4n) is 1.15. The van der Waals surface area contributed by atoms with Gasteiger partial charge in [0.25, 0.3) is 0 Å². The van der Waals surface area contributed by atoms with E-state index in [2.05, 4.69) is 10.3 Å².